The molecule has 0 nitrogen and oxygen atoms in total. The second-order valence-corrected chi connectivity index (χ2v) is 18.0. The van der Waals surface area contributed by atoms with Crippen LogP contribution >= 0.6 is 0 Å². The lowest BCUT2D eigenvalue weighted by molar-refractivity contribution is 0.662. The Labute approximate surface area is 367 Å². The molecule has 0 saturated carbocycles. The van der Waals surface area contributed by atoms with Crippen molar-refractivity contribution in [2.24, 2.45) is 0 Å². The average Bonchev–Trinajstić information content (AvgIpc) is 3.57. The molecule has 0 heteroatoms. The monoisotopic (exact) mass is 798 g/mol. The van der Waals surface area contributed by atoms with Crippen molar-refractivity contribution in [3.05, 3.63) is 230 Å². The third-order valence-corrected chi connectivity index (χ3v) is 14.2. The molecule has 0 fully saturated rings. The quantitative estimate of drug-likeness (QED) is 0.156. The maximum Gasteiger partial charge on any atom is 0.0159 e. The summed E-state index contributed by atoms with van der Waals surface area (Å²) in [6.07, 6.45) is 0. The van der Waals surface area contributed by atoms with Crippen LogP contribution in [0.1, 0.15) is 25.0 Å². The van der Waals surface area contributed by atoms with Gasteiger partial charge in [-0.05, 0) is 186 Å². The van der Waals surface area contributed by atoms with Crippen LogP contribution in [-0.4, -0.2) is 0 Å². The molecule has 0 bridgehead atoms. The van der Waals surface area contributed by atoms with Crippen LogP contribution < -0.4 is 0 Å². The Morgan fingerprint density at radius 3 is 0.968 bits per heavy atom. The second-order valence-electron chi connectivity index (χ2n) is 18.0. The first kappa shape index (κ1) is 35.9. The van der Waals surface area contributed by atoms with Gasteiger partial charge in [0.1, 0.15) is 0 Å². The number of hydrogen-bond donors (Lipinski definition) is 0. The Kier molecular flexibility index (Phi) is 7.75. The van der Waals surface area contributed by atoms with E-state index in [1.807, 2.05) is 0 Å². The Hall–Kier alpha value is -7.80. The van der Waals surface area contributed by atoms with E-state index in [0.717, 1.165) is 0 Å². The predicted octanol–water partition coefficient (Wildman–Crippen LogP) is 17.6. The molecule has 0 amide bonds. The molecule has 0 aliphatic heterocycles. The van der Waals surface area contributed by atoms with E-state index >= 15 is 0 Å². The first-order chi connectivity index (χ1) is 31.0. The van der Waals surface area contributed by atoms with Crippen LogP contribution in [0.3, 0.4) is 0 Å². The SMILES string of the molecule is CC1(C)c2cc3c4ccccc4c4ccccc4c3cc2-c2cc3c4ccccc4c4cc(-c5cccc(-c6cc(-c7ccccc7)cc(-c7ccccc7)c6)c5)ccc4c3cc21. The van der Waals surface area contributed by atoms with Crippen molar-refractivity contribution in [3.8, 4) is 55.6 Å². The van der Waals surface area contributed by atoms with E-state index in [1.165, 1.54) is 131 Å². The van der Waals surface area contributed by atoms with E-state index in [0.29, 0.717) is 0 Å². The fraction of sp³-hybridized carbons (Fsp3) is 0.0476. The number of rotatable bonds is 4. The largest absolute Gasteiger partial charge is 0.0622 e. The van der Waals surface area contributed by atoms with Gasteiger partial charge in [-0.2, -0.15) is 0 Å². The van der Waals surface area contributed by atoms with Gasteiger partial charge in [0.15, 0.2) is 0 Å². The van der Waals surface area contributed by atoms with Crippen LogP contribution in [0, 0.1) is 0 Å². The topological polar surface area (TPSA) is 0 Å². The fourth-order valence-corrected chi connectivity index (χ4v) is 11.0. The first-order valence-corrected chi connectivity index (χ1v) is 22.2. The van der Waals surface area contributed by atoms with Gasteiger partial charge in [0, 0.05) is 5.41 Å². The molecule has 0 atom stereocenters. The van der Waals surface area contributed by atoms with Crippen LogP contribution in [0.2, 0.25) is 0 Å². The summed E-state index contributed by atoms with van der Waals surface area (Å²) >= 11 is 0. The predicted molar refractivity (Wildman–Crippen MR) is 271 cm³/mol. The summed E-state index contributed by atoms with van der Waals surface area (Å²) in [5.74, 6) is 0. The molecule has 12 aromatic carbocycles. The van der Waals surface area contributed by atoms with Crippen molar-refractivity contribution in [3.63, 3.8) is 0 Å². The molecule has 1 aliphatic carbocycles. The zero-order valence-corrected chi connectivity index (χ0v) is 35.3. The molecule has 0 saturated heterocycles. The average molecular weight is 799 g/mol. The highest BCUT2D eigenvalue weighted by Gasteiger charge is 2.37. The molecular weight excluding hydrogens is 757 g/mol. The minimum absolute atomic E-state index is 0.170. The van der Waals surface area contributed by atoms with Crippen LogP contribution in [0.4, 0.5) is 0 Å². The van der Waals surface area contributed by atoms with Crippen molar-refractivity contribution in [1.29, 1.82) is 0 Å². The van der Waals surface area contributed by atoms with Crippen LogP contribution in [0.25, 0.3) is 120 Å². The first-order valence-electron chi connectivity index (χ1n) is 22.2. The Balaban J connectivity index is 0.980. The van der Waals surface area contributed by atoms with Crippen molar-refractivity contribution < 1.29 is 0 Å². The maximum atomic E-state index is 2.53. The fourth-order valence-electron chi connectivity index (χ4n) is 11.0. The highest BCUT2D eigenvalue weighted by Crippen LogP contribution is 2.54. The normalized spacial score (nSPS) is 13.0. The maximum absolute atomic E-state index is 2.53. The second kappa shape index (κ2) is 13.6. The van der Waals surface area contributed by atoms with Gasteiger partial charge in [0.2, 0.25) is 0 Å². The van der Waals surface area contributed by atoms with E-state index in [1.54, 1.807) is 0 Å². The van der Waals surface area contributed by atoms with Gasteiger partial charge >= 0.3 is 0 Å². The minimum Gasteiger partial charge on any atom is -0.0622 e. The molecule has 294 valence electrons. The summed E-state index contributed by atoms with van der Waals surface area (Å²) in [7, 11) is 0. The molecule has 13 rings (SSSR count). The molecular formula is C63H42. The smallest absolute Gasteiger partial charge is 0.0159 e. The lowest BCUT2D eigenvalue weighted by atomic mass is 9.80. The Morgan fingerprint density at radius 1 is 0.206 bits per heavy atom. The molecule has 1 aliphatic rings. The van der Waals surface area contributed by atoms with Crippen molar-refractivity contribution in [1.82, 2.24) is 0 Å². The van der Waals surface area contributed by atoms with Crippen LogP contribution in [0.5, 0.6) is 0 Å². The number of benzene rings is 12. The van der Waals surface area contributed by atoms with E-state index in [-0.39, 0.29) is 5.41 Å². The number of fused-ring (bicyclic) bond motifs is 15. The van der Waals surface area contributed by atoms with Crippen molar-refractivity contribution >= 4 is 64.6 Å². The summed E-state index contributed by atoms with van der Waals surface area (Å²) in [5.41, 5.74) is 15.1. The standard InChI is InChI=1S/C63H42/c1-63(2)61-37-57-50-25-12-10-23-48(50)47-22-9-11-24-49(47)55(57)35-59(61)60-36-56-52-27-14-13-26-51(52)54-34-43(28-29-53(54)58(56)38-62(60)63)41-20-15-21-42(30-41)46-32-44(39-16-5-3-6-17-39)31-45(33-46)40-18-7-4-8-19-40/h3-38H,1-2H3. The van der Waals surface area contributed by atoms with Crippen molar-refractivity contribution in [2.45, 2.75) is 19.3 Å². The lowest BCUT2D eigenvalue weighted by Gasteiger charge is -2.23. The number of hydrogen-bond acceptors (Lipinski definition) is 0. The van der Waals surface area contributed by atoms with Gasteiger partial charge in [0.05, 0.1) is 0 Å². The van der Waals surface area contributed by atoms with Crippen molar-refractivity contribution in [2.75, 3.05) is 0 Å². The van der Waals surface area contributed by atoms with Gasteiger partial charge in [-0.3, -0.25) is 0 Å². The van der Waals surface area contributed by atoms with Crippen LogP contribution in [-0.2, 0) is 5.41 Å². The highest BCUT2D eigenvalue weighted by atomic mass is 14.4. The minimum atomic E-state index is -0.170. The molecule has 0 spiro atoms. The third kappa shape index (κ3) is 5.48. The van der Waals surface area contributed by atoms with E-state index < -0.39 is 0 Å². The molecule has 0 heterocycles. The van der Waals surface area contributed by atoms with Crippen LogP contribution in [0.15, 0.2) is 218 Å². The Morgan fingerprint density at radius 2 is 0.508 bits per heavy atom. The molecule has 0 unspecified atom stereocenters. The van der Waals surface area contributed by atoms with Gasteiger partial charge in [-0.15, -0.1) is 0 Å². The van der Waals surface area contributed by atoms with E-state index in [2.05, 4.69) is 232 Å². The van der Waals surface area contributed by atoms with Gasteiger partial charge in [-0.1, -0.05) is 178 Å². The molecule has 63 heavy (non-hydrogen) atoms. The summed E-state index contributed by atoms with van der Waals surface area (Å²) in [6, 6.07) is 81.6. The summed E-state index contributed by atoms with van der Waals surface area (Å²) < 4.78 is 0. The van der Waals surface area contributed by atoms with E-state index in [9.17, 15) is 0 Å². The summed E-state index contributed by atoms with van der Waals surface area (Å²) in [5, 5.41) is 15.7. The summed E-state index contributed by atoms with van der Waals surface area (Å²) in [6.45, 7) is 4.84. The molecule has 0 aromatic heterocycles. The zero-order chi connectivity index (χ0) is 41.8. The third-order valence-electron chi connectivity index (χ3n) is 14.2. The Bertz CT molecular complexity index is 3790. The lowest BCUT2D eigenvalue weighted by Crippen LogP contribution is -2.15. The van der Waals surface area contributed by atoms with Gasteiger partial charge < -0.3 is 0 Å². The van der Waals surface area contributed by atoms with Gasteiger partial charge in [0.25, 0.3) is 0 Å². The molecule has 0 N–H and O–H groups in total. The van der Waals surface area contributed by atoms with Gasteiger partial charge in [-0.25, -0.2) is 0 Å². The molecule has 12 aromatic rings. The van der Waals surface area contributed by atoms with E-state index in [4.69, 9.17) is 0 Å². The highest BCUT2D eigenvalue weighted by molar-refractivity contribution is 6.28. The summed E-state index contributed by atoms with van der Waals surface area (Å²) in [4.78, 5) is 0. The molecule has 0 radical (unpaired) electrons. The zero-order valence-electron chi connectivity index (χ0n) is 35.3.